The van der Waals surface area contributed by atoms with Crippen molar-refractivity contribution in [2.75, 3.05) is 0 Å². The fourth-order valence-electron chi connectivity index (χ4n) is 2.02. The van der Waals surface area contributed by atoms with Gasteiger partial charge in [0.15, 0.2) is 0 Å². The summed E-state index contributed by atoms with van der Waals surface area (Å²) in [4.78, 5) is 10.9. The maximum Gasteiger partial charge on any atom is 0.339 e. The Morgan fingerprint density at radius 1 is 1.11 bits per heavy atom. The van der Waals surface area contributed by atoms with Gasteiger partial charge in [-0.15, -0.1) is 0 Å². The summed E-state index contributed by atoms with van der Waals surface area (Å²) in [6, 6.07) is 4.84. The molecule has 0 fully saturated rings. The number of hydrogen-bond acceptors (Lipinski definition) is 2. The first-order valence-corrected chi connectivity index (χ1v) is 6.70. The van der Waals surface area contributed by atoms with Crippen molar-refractivity contribution in [3.8, 4) is 5.75 Å². The van der Waals surface area contributed by atoms with Gasteiger partial charge in [0, 0.05) is 0 Å². The predicted molar refractivity (Wildman–Crippen MR) is 72.1 cm³/mol. The number of aromatic hydroxyl groups is 1. The molecule has 0 aliphatic rings. The van der Waals surface area contributed by atoms with E-state index in [1.54, 1.807) is 12.1 Å². The Kier molecular flexibility index (Phi) is 6.26. The maximum atomic E-state index is 10.9. The lowest BCUT2D eigenvalue weighted by atomic mass is 10.0. The van der Waals surface area contributed by atoms with Gasteiger partial charge in [-0.05, 0) is 30.5 Å². The third-order valence-corrected chi connectivity index (χ3v) is 3.11. The number of carboxylic acids is 1. The Morgan fingerprint density at radius 2 is 1.78 bits per heavy atom. The highest BCUT2D eigenvalue weighted by atomic mass is 16.4. The SMILES string of the molecule is CCCCCCCCc1ccc(O)c(C(=O)O)c1. The number of aryl methyl sites for hydroxylation is 1. The van der Waals surface area contributed by atoms with Crippen molar-refractivity contribution >= 4 is 5.97 Å². The van der Waals surface area contributed by atoms with E-state index in [-0.39, 0.29) is 11.3 Å². The largest absolute Gasteiger partial charge is 0.507 e. The van der Waals surface area contributed by atoms with E-state index in [1.807, 2.05) is 0 Å². The quantitative estimate of drug-likeness (QED) is 0.686. The van der Waals surface area contributed by atoms with Crippen LogP contribution in [0.15, 0.2) is 18.2 Å². The highest BCUT2D eigenvalue weighted by molar-refractivity contribution is 5.90. The van der Waals surface area contributed by atoms with Crippen LogP contribution in [0.3, 0.4) is 0 Å². The van der Waals surface area contributed by atoms with Crippen molar-refractivity contribution in [2.45, 2.75) is 51.9 Å². The molecule has 0 heterocycles. The van der Waals surface area contributed by atoms with Gasteiger partial charge in [0.25, 0.3) is 0 Å². The molecule has 0 unspecified atom stereocenters. The van der Waals surface area contributed by atoms with Crippen molar-refractivity contribution in [2.24, 2.45) is 0 Å². The van der Waals surface area contributed by atoms with Gasteiger partial charge in [0.1, 0.15) is 11.3 Å². The molecule has 0 aliphatic heterocycles. The number of hydrogen-bond donors (Lipinski definition) is 2. The Balaban J connectivity index is 2.38. The van der Waals surface area contributed by atoms with Crippen LogP contribution in [0.5, 0.6) is 5.75 Å². The first kappa shape index (κ1) is 14.6. The fourth-order valence-corrected chi connectivity index (χ4v) is 2.02. The summed E-state index contributed by atoms with van der Waals surface area (Å²) in [5, 5.41) is 18.3. The molecule has 3 heteroatoms. The number of phenols is 1. The van der Waals surface area contributed by atoms with Gasteiger partial charge >= 0.3 is 5.97 Å². The Hall–Kier alpha value is -1.51. The second kappa shape index (κ2) is 7.75. The Labute approximate surface area is 108 Å². The molecule has 100 valence electrons. The van der Waals surface area contributed by atoms with Crippen LogP contribution in [0, 0.1) is 0 Å². The number of rotatable bonds is 8. The summed E-state index contributed by atoms with van der Waals surface area (Å²) in [6.07, 6.45) is 8.22. The zero-order valence-corrected chi connectivity index (χ0v) is 11.0. The molecular weight excluding hydrogens is 228 g/mol. The molecule has 3 nitrogen and oxygen atoms in total. The molecule has 0 saturated heterocycles. The van der Waals surface area contributed by atoms with E-state index in [1.165, 1.54) is 38.2 Å². The number of carboxylic acid groups (broad SMARTS) is 1. The van der Waals surface area contributed by atoms with E-state index in [0.29, 0.717) is 0 Å². The molecule has 0 aromatic heterocycles. The molecule has 0 aliphatic carbocycles. The van der Waals surface area contributed by atoms with Gasteiger partial charge < -0.3 is 10.2 Å². The summed E-state index contributed by atoms with van der Waals surface area (Å²) >= 11 is 0. The molecule has 0 bridgehead atoms. The number of unbranched alkanes of at least 4 members (excludes halogenated alkanes) is 5. The van der Waals surface area contributed by atoms with Crippen LogP contribution in [-0.2, 0) is 6.42 Å². The van der Waals surface area contributed by atoms with Gasteiger partial charge in [-0.25, -0.2) is 4.79 Å². The van der Waals surface area contributed by atoms with E-state index < -0.39 is 5.97 Å². The average molecular weight is 250 g/mol. The fraction of sp³-hybridized carbons (Fsp3) is 0.533. The first-order chi connectivity index (χ1) is 8.65. The second-order valence-electron chi connectivity index (χ2n) is 4.67. The molecule has 1 aromatic rings. The maximum absolute atomic E-state index is 10.9. The zero-order chi connectivity index (χ0) is 13.4. The molecule has 0 spiro atoms. The zero-order valence-electron chi connectivity index (χ0n) is 11.0. The molecule has 0 amide bonds. The predicted octanol–water partition coefficient (Wildman–Crippen LogP) is 3.99. The smallest absolute Gasteiger partial charge is 0.339 e. The molecule has 1 aromatic carbocycles. The summed E-state index contributed by atoms with van der Waals surface area (Å²) in [6.45, 7) is 2.20. The standard InChI is InChI=1S/C15H22O3/c1-2-3-4-5-6-7-8-12-9-10-14(16)13(11-12)15(17)18/h9-11,16H,2-8H2,1H3,(H,17,18). The van der Waals surface area contributed by atoms with Gasteiger partial charge in [-0.2, -0.15) is 0 Å². The molecule has 0 radical (unpaired) electrons. The van der Waals surface area contributed by atoms with Crippen LogP contribution in [0.25, 0.3) is 0 Å². The lowest BCUT2D eigenvalue weighted by Crippen LogP contribution is -1.98. The van der Waals surface area contributed by atoms with E-state index in [9.17, 15) is 9.90 Å². The van der Waals surface area contributed by atoms with Crippen molar-refractivity contribution in [1.82, 2.24) is 0 Å². The lowest BCUT2D eigenvalue weighted by molar-refractivity contribution is 0.0693. The number of aromatic carboxylic acids is 1. The lowest BCUT2D eigenvalue weighted by Gasteiger charge is -2.05. The van der Waals surface area contributed by atoms with Crippen LogP contribution in [0.1, 0.15) is 61.4 Å². The van der Waals surface area contributed by atoms with Crippen LogP contribution in [-0.4, -0.2) is 16.2 Å². The summed E-state index contributed by atoms with van der Waals surface area (Å²) in [5.41, 5.74) is 0.985. The van der Waals surface area contributed by atoms with Gasteiger partial charge in [0.05, 0.1) is 0 Å². The van der Waals surface area contributed by atoms with E-state index in [0.717, 1.165) is 18.4 Å². The highest BCUT2D eigenvalue weighted by Crippen LogP contribution is 2.20. The Bertz CT molecular complexity index is 385. The van der Waals surface area contributed by atoms with E-state index in [4.69, 9.17) is 5.11 Å². The summed E-state index contributed by atoms with van der Waals surface area (Å²) in [7, 11) is 0. The van der Waals surface area contributed by atoms with Crippen LogP contribution in [0.2, 0.25) is 0 Å². The van der Waals surface area contributed by atoms with E-state index in [2.05, 4.69) is 6.92 Å². The monoisotopic (exact) mass is 250 g/mol. The number of benzene rings is 1. The van der Waals surface area contributed by atoms with Gasteiger partial charge in [-0.3, -0.25) is 0 Å². The van der Waals surface area contributed by atoms with E-state index >= 15 is 0 Å². The summed E-state index contributed by atoms with van der Waals surface area (Å²) in [5.74, 6) is -1.23. The minimum atomic E-state index is -1.07. The third kappa shape index (κ3) is 4.78. The third-order valence-electron chi connectivity index (χ3n) is 3.11. The normalized spacial score (nSPS) is 10.5. The molecule has 2 N–H and O–H groups in total. The van der Waals surface area contributed by atoms with Crippen LogP contribution >= 0.6 is 0 Å². The average Bonchev–Trinajstić information content (AvgIpc) is 2.35. The van der Waals surface area contributed by atoms with Crippen molar-refractivity contribution in [1.29, 1.82) is 0 Å². The molecule has 1 rings (SSSR count). The highest BCUT2D eigenvalue weighted by Gasteiger charge is 2.09. The second-order valence-corrected chi connectivity index (χ2v) is 4.67. The molecule has 0 atom stereocenters. The number of carbonyl (C=O) groups is 1. The van der Waals surface area contributed by atoms with Gasteiger partial charge in [-0.1, -0.05) is 45.1 Å². The molecular formula is C15H22O3. The molecule has 0 saturated carbocycles. The van der Waals surface area contributed by atoms with Gasteiger partial charge in [0.2, 0.25) is 0 Å². The summed E-state index contributed by atoms with van der Waals surface area (Å²) < 4.78 is 0. The van der Waals surface area contributed by atoms with Crippen molar-refractivity contribution in [3.63, 3.8) is 0 Å². The van der Waals surface area contributed by atoms with Crippen molar-refractivity contribution < 1.29 is 15.0 Å². The molecule has 18 heavy (non-hydrogen) atoms. The van der Waals surface area contributed by atoms with Crippen molar-refractivity contribution in [3.05, 3.63) is 29.3 Å². The topological polar surface area (TPSA) is 57.5 Å². The van der Waals surface area contributed by atoms with Crippen LogP contribution in [0.4, 0.5) is 0 Å². The minimum absolute atomic E-state index is 0.00140. The first-order valence-electron chi connectivity index (χ1n) is 6.70. The van der Waals surface area contributed by atoms with Crippen LogP contribution < -0.4 is 0 Å². The Morgan fingerprint density at radius 3 is 2.44 bits per heavy atom. The minimum Gasteiger partial charge on any atom is -0.507 e.